The van der Waals surface area contributed by atoms with E-state index in [-0.39, 0.29) is 17.4 Å². The summed E-state index contributed by atoms with van der Waals surface area (Å²) < 4.78 is 23.7. The zero-order valence-electron chi connectivity index (χ0n) is 15.1. The van der Waals surface area contributed by atoms with Crippen LogP contribution in [0.15, 0.2) is 48.5 Å². The molecule has 6 nitrogen and oxygen atoms in total. The van der Waals surface area contributed by atoms with Crippen LogP contribution in [0.1, 0.15) is 10.5 Å². The van der Waals surface area contributed by atoms with E-state index in [2.05, 4.69) is 4.98 Å². The maximum absolute atomic E-state index is 13.3. The first-order chi connectivity index (χ1) is 13.3. The van der Waals surface area contributed by atoms with Gasteiger partial charge in [-0.2, -0.15) is 0 Å². The Labute approximate surface area is 167 Å². The van der Waals surface area contributed by atoms with Gasteiger partial charge in [-0.3, -0.25) is 4.79 Å². The molecule has 28 heavy (non-hydrogen) atoms. The van der Waals surface area contributed by atoms with Crippen LogP contribution in [0, 0.1) is 0 Å². The van der Waals surface area contributed by atoms with E-state index >= 15 is 0 Å². The number of carbonyl (C=O) groups excluding carboxylic acids is 1. The van der Waals surface area contributed by atoms with Crippen LogP contribution in [0.5, 0.6) is 0 Å². The highest BCUT2D eigenvalue weighted by Gasteiger charge is 2.41. The minimum Gasteiger partial charge on any atom is -0.390 e. The molecular formula is C20H19ClN2O4S. The van der Waals surface area contributed by atoms with Crippen molar-refractivity contribution in [3.05, 3.63) is 59.2 Å². The van der Waals surface area contributed by atoms with Crippen LogP contribution in [-0.2, 0) is 9.84 Å². The molecule has 0 unspecified atom stereocenters. The number of aliphatic hydroxyl groups is 1. The molecule has 146 valence electrons. The van der Waals surface area contributed by atoms with Crippen LogP contribution in [0.25, 0.3) is 22.0 Å². The second-order valence-corrected chi connectivity index (χ2v) is 9.65. The molecule has 2 N–H and O–H groups in total. The van der Waals surface area contributed by atoms with Gasteiger partial charge >= 0.3 is 0 Å². The molecule has 2 atom stereocenters. The predicted molar refractivity (Wildman–Crippen MR) is 109 cm³/mol. The van der Waals surface area contributed by atoms with Crippen molar-refractivity contribution in [2.75, 3.05) is 18.6 Å². The minimum atomic E-state index is -3.37. The standard InChI is InChI=1S/C20H19ClN2O4S/c1-23(16-10-28(26,27)11-17(16)24)20(25)19-18(12-5-3-2-4-6-12)14-9-13(21)7-8-15(14)22-19/h2-9,16-17,22,24H,10-11H2,1H3/t16-,17-/m1/s1. The zero-order valence-corrected chi connectivity index (χ0v) is 16.7. The van der Waals surface area contributed by atoms with Gasteiger partial charge in [0.1, 0.15) is 5.69 Å². The van der Waals surface area contributed by atoms with Gasteiger partial charge in [0, 0.05) is 28.5 Å². The number of halogens is 1. The molecule has 0 saturated carbocycles. The van der Waals surface area contributed by atoms with Crippen molar-refractivity contribution >= 4 is 38.2 Å². The van der Waals surface area contributed by atoms with Gasteiger partial charge in [0.15, 0.2) is 9.84 Å². The summed E-state index contributed by atoms with van der Waals surface area (Å²) in [6.45, 7) is 0. The third-order valence-corrected chi connectivity index (χ3v) is 7.08. The van der Waals surface area contributed by atoms with Crippen molar-refractivity contribution in [3.8, 4) is 11.1 Å². The number of hydrogen-bond acceptors (Lipinski definition) is 4. The van der Waals surface area contributed by atoms with Crippen LogP contribution < -0.4 is 0 Å². The number of rotatable bonds is 3. The number of sulfone groups is 1. The highest BCUT2D eigenvalue weighted by atomic mass is 35.5. The second-order valence-electron chi connectivity index (χ2n) is 7.06. The Morgan fingerprint density at radius 3 is 2.54 bits per heavy atom. The van der Waals surface area contributed by atoms with Gasteiger partial charge in [0.25, 0.3) is 5.91 Å². The lowest BCUT2D eigenvalue weighted by atomic mass is 10.0. The monoisotopic (exact) mass is 418 g/mol. The van der Waals surface area contributed by atoms with Crippen molar-refractivity contribution in [2.45, 2.75) is 12.1 Å². The van der Waals surface area contributed by atoms with Crippen molar-refractivity contribution < 1.29 is 18.3 Å². The number of aromatic nitrogens is 1. The Morgan fingerprint density at radius 1 is 1.18 bits per heavy atom. The SMILES string of the molecule is CN(C(=O)c1[nH]c2ccc(Cl)cc2c1-c1ccccc1)[C@@H]1CS(=O)(=O)C[C@H]1O. The molecule has 1 aliphatic rings. The highest BCUT2D eigenvalue weighted by Crippen LogP contribution is 2.35. The summed E-state index contributed by atoms with van der Waals surface area (Å²) in [4.78, 5) is 17.8. The number of nitrogens with one attached hydrogen (secondary N) is 1. The molecule has 0 radical (unpaired) electrons. The van der Waals surface area contributed by atoms with E-state index in [1.807, 2.05) is 30.3 Å². The molecule has 1 aliphatic heterocycles. The largest absolute Gasteiger partial charge is 0.390 e. The van der Waals surface area contributed by atoms with Gasteiger partial charge in [-0.05, 0) is 23.8 Å². The van der Waals surface area contributed by atoms with E-state index < -0.39 is 22.0 Å². The first-order valence-corrected chi connectivity index (χ1v) is 11.0. The number of H-pyrrole nitrogens is 1. The number of likely N-dealkylation sites (N-methyl/N-ethyl adjacent to an activating group) is 1. The fraction of sp³-hybridized carbons (Fsp3) is 0.250. The number of benzene rings is 2. The topological polar surface area (TPSA) is 90.5 Å². The van der Waals surface area contributed by atoms with E-state index in [0.29, 0.717) is 16.3 Å². The number of carbonyl (C=O) groups is 1. The quantitative estimate of drug-likeness (QED) is 0.684. The Balaban J connectivity index is 1.83. The Morgan fingerprint density at radius 2 is 1.89 bits per heavy atom. The average molecular weight is 419 g/mol. The molecule has 2 heterocycles. The van der Waals surface area contributed by atoms with Crippen molar-refractivity contribution in [1.29, 1.82) is 0 Å². The first-order valence-electron chi connectivity index (χ1n) is 8.79. The Bertz CT molecular complexity index is 1160. The van der Waals surface area contributed by atoms with Gasteiger partial charge in [0.05, 0.1) is 23.7 Å². The molecule has 3 aromatic rings. The van der Waals surface area contributed by atoms with Crippen LogP contribution in [0.3, 0.4) is 0 Å². The molecule has 0 bridgehead atoms. The molecule has 4 rings (SSSR count). The molecular weight excluding hydrogens is 400 g/mol. The fourth-order valence-electron chi connectivity index (χ4n) is 3.74. The summed E-state index contributed by atoms with van der Waals surface area (Å²) in [7, 11) is -1.85. The molecule has 1 amide bonds. The Hall–Kier alpha value is -2.35. The van der Waals surface area contributed by atoms with Gasteiger partial charge in [0.2, 0.25) is 0 Å². The van der Waals surface area contributed by atoms with Crippen LogP contribution in [-0.4, -0.2) is 60.0 Å². The Kier molecular flexibility index (Phi) is 4.69. The van der Waals surface area contributed by atoms with E-state index in [0.717, 1.165) is 16.5 Å². The fourth-order valence-corrected chi connectivity index (χ4v) is 5.75. The normalized spacial score (nSPS) is 21.1. The summed E-state index contributed by atoms with van der Waals surface area (Å²) in [6.07, 6.45) is -1.10. The molecule has 1 fully saturated rings. The maximum Gasteiger partial charge on any atom is 0.271 e. The smallest absolute Gasteiger partial charge is 0.271 e. The molecule has 8 heteroatoms. The molecule has 2 aromatic carbocycles. The van der Waals surface area contributed by atoms with Crippen LogP contribution in [0.4, 0.5) is 0 Å². The van der Waals surface area contributed by atoms with Crippen LogP contribution >= 0.6 is 11.6 Å². The number of aliphatic hydroxyl groups excluding tert-OH is 1. The van der Waals surface area contributed by atoms with Gasteiger partial charge in [-0.25, -0.2) is 8.42 Å². The lowest BCUT2D eigenvalue weighted by Crippen LogP contribution is -2.44. The van der Waals surface area contributed by atoms with Gasteiger partial charge in [-0.1, -0.05) is 41.9 Å². The molecule has 1 aromatic heterocycles. The predicted octanol–water partition coefficient (Wildman–Crippen LogP) is 2.72. The van der Waals surface area contributed by atoms with Gasteiger partial charge < -0.3 is 15.0 Å². The average Bonchev–Trinajstić information content (AvgIpc) is 3.17. The van der Waals surface area contributed by atoms with Crippen LogP contribution in [0.2, 0.25) is 5.02 Å². The maximum atomic E-state index is 13.3. The minimum absolute atomic E-state index is 0.247. The summed E-state index contributed by atoms with van der Waals surface area (Å²) in [5, 5.41) is 11.5. The molecule has 1 saturated heterocycles. The third kappa shape index (κ3) is 3.30. The highest BCUT2D eigenvalue weighted by molar-refractivity contribution is 7.91. The number of aromatic amines is 1. The van der Waals surface area contributed by atoms with E-state index in [1.165, 1.54) is 11.9 Å². The number of amides is 1. The first kappa shape index (κ1) is 19.0. The number of fused-ring (bicyclic) bond motifs is 1. The van der Waals surface area contributed by atoms with Gasteiger partial charge in [-0.15, -0.1) is 0 Å². The number of hydrogen-bond donors (Lipinski definition) is 2. The third-order valence-electron chi connectivity index (χ3n) is 5.15. The lowest BCUT2D eigenvalue weighted by Gasteiger charge is -2.26. The van der Waals surface area contributed by atoms with Crippen molar-refractivity contribution in [3.63, 3.8) is 0 Å². The van der Waals surface area contributed by atoms with E-state index in [1.54, 1.807) is 18.2 Å². The summed E-state index contributed by atoms with van der Waals surface area (Å²) in [5.41, 5.74) is 2.62. The molecule has 0 spiro atoms. The number of nitrogens with zero attached hydrogens (tertiary/aromatic N) is 1. The van der Waals surface area contributed by atoms with Crippen molar-refractivity contribution in [2.24, 2.45) is 0 Å². The second kappa shape index (κ2) is 6.92. The van der Waals surface area contributed by atoms with Crippen molar-refractivity contribution in [1.82, 2.24) is 9.88 Å². The summed E-state index contributed by atoms with van der Waals surface area (Å²) in [6, 6.07) is 14.0. The summed E-state index contributed by atoms with van der Waals surface area (Å²) in [5.74, 6) is -0.959. The lowest BCUT2D eigenvalue weighted by molar-refractivity contribution is 0.0577. The molecule has 0 aliphatic carbocycles. The summed E-state index contributed by atoms with van der Waals surface area (Å²) >= 11 is 6.17. The van der Waals surface area contributed by atoms with E-state index in [4.69, 9.17) is 11.6 Å². The van der Waals surface area contributed by atoms with E-state index in [9.17, 15) is 18.3 Å². The zero-order chi connectivity index (χ0) is 20.1.